The fourth-order valence-corrected chi connectivity index (χ4v) is 4.58. The lowest BCUT2D eigenvalue weighted by Gasteiger charge is -2.33. The number of esters is 1. The molecule has 9 nitrogen and oxygen atoms in total. The van der Waals surface area contributed by atoms with E-state index in [1.807, 2.05) is 24.3 Å². The fraction of sp³-hybridized carbons (Fsp3) is 0.571. The van der Waals surface area contributed by atoms with Crippen LogP contribution < -0.4 is 5.32 Å². The zero-order chi connectivity index (χ0) is 22.2. The summed E-state index contributed by atoms with van der Waals surface area (Å²) >= 11 is 3.50. The van der Waals surface area contributed by atoms with Crippen molar-refractivity contribution >= 4 is 27.9 Å². The first-order chi connectivity index (χ1) is 15.0. The van der Waals surface area contributed by atoms with Gasteiger partial charge in [-0.3, -0.25) is 14.9 Å². The summed E-state index contributed by atoms with van der Waals surface area (Å²) in [5, 5.41) is 25.0. The van der Waals surface area contributed by atoms with E-state index in [4.69, 9.17) is 4.74 Å². The van der Waals surface area contributed by atoms with Gasteiger partial charge in [0.15, 0.2) is 5.82 Å². The third kappa shape index (κ3) is 6.57. The number of aliphatic carboxylic acids is 1. The Bertz CT molecular complexity index is 884. The Hall–Kier alpha value is -2.33. The van der Waals surface area contributed by atoms with Gasteiger partial charge < -0.3 is 9.84 Å². The largest absolute Gasteiger partial charge is 0.481 e. The van der Waals surface area contributed by atoms with Crippen LogP contribution >= 0.6 is 15.9 Å². The van der Waals surface area contributed by atoms with Crippen molar-refractivity contribution in [1.82, 2.24) is 25.5 Å². The van der Waals surface area contributed by atoms with Crippen LogP contribution in [0, 0.1) is 5.92 Å². The maximum absolute atomic E-state index is 12.0. The second-order valence-electron chi connectivity index (χ2n) is 7.76. The molecule has 1 aliphatic carbocycles. The van der Waals surface area contributed by atoms with Crippen molar-refractivity contribution in [1.29, 1.82) is 0 Å². The summed E-state index contributed by atoms with van der Waals surface area (Å²) in [5.41, 5.74) is 0.875. The van der Waals surface area contributed by atoms with E-state index in [0.29, 0.717) is 5.82 Å². The van der Waals surface area contributed by atoms with E-state index in [-0.39, 0.29) is 31.5 Å². The molecule has 0 aliphatic heterocycles. The average Bonchev–Trinajstić information content (AvgIpc) is 3.19. The highest BCUT2D eigenvalue weighted by Crippen LogP contribution is 2.31. The van der Waals surface area contributed by atoms with Gasteiger partial charge in [0, 0.05) is 10.5 Å². The summed E-state index contributed by atoms with van der Waals surface area (Å²) in [6.07, 6.45) is 5.38. The lowest BCUT2D eigenvalue weighted by atomic mass is 9.82. The molecule has 31 heavy (non-hydrogen) atoms. The van der Waals surface area contributed by atoms with Crippen LogP contribution in [-0.4, -0.2) is 49.9 Å². The zero-order valence-electron chi connectivity index (χ0n) is 17.5. The quantitative estimate of drug-likeness (QED) is 0.484. The summed E-state index contributed by atoms with van der Waals surface area (Å²) in [7, 11) is 0. The number of halogens is 1. The molecule has 10 heteroatoms. The Kier molecular flexibility index (Phi) is 8.53. The molecule has 2 unspecified atom stereocenters. The average molecular weight is 494 g/mol. The highest BCUT2D eigenvalue weighted by molar-refractivity contribution is 9.10. The normalized spacial score (nSPS) is 16.6. The predicted octanol–water partition coefficient (Wildman–Crippen LogP) is 3.10. The molecule has 0 saturated heterocycles. The van der Waals surface area contributed by atoms with Gasteiger partial charge in [-0.25, -0.2) is 4.68 Å². The Labute approximate surface area is 189 Å². The topological polar surface area (TPSA) is 119 Å². The molecule has 1 aliphatic rings. The molecule has 0 bridgehead atoms. The van der Waals surface area contributed by atoms with Crippen molar-refractivity contribution < 1.29 is 19.4 Å². The van der Waals surface area contributed by atoms with E-state index >= 15 is 0 Å². The van der Waals surface area contributed by atoms with E-state index in [1.54, 1.807) is 6.92 Å². The molecule has 1 aromatic carbocycles. The van der Waals surface area contributed by atoms with Gasteiger partial charge in [-0.15, -0.1) is 5.10 Å². The number of carboxylic acids is 1. The highest BCUT2D eigenvalue weighted by atomic mass is 79.9. The molecule has 0 amide bonds. The number of ether oxygens (including phenoxy) is 1. The van der Waals surface area contributed by atoms with Gasteiger partial charge in [0.2, 0.25) is 0 Å². The van der Waals surface area contributed by atoms with Crippen LogP contribution in [0.15, 0.2) is 28.7 Å². The maximum atomic E-state index is 12.0. The molecule has 2 atom stereocenters. The number of hydrogen-bond donors (Lipinski definition) is 2. The van der Waals surface area contributed by atoms with Gasteiger partial charge in [-0.05, 0) is 53.8 Å². The second kappa shape index (κ2) is 11.3. The summed E-state index contributed by atoms with van der Waals surface area (Å²) in [6.45, 7) is 1.90. The number of carbonyl (C=O) groups is 2. The van der Waals surface area contributed by atoms with Gasteiger partial charge >= 0.3 is 11.9 Å². The molecule has 1 aromatic heterocycles. The molecule has 0 spiro atoms. The van der Waals surface area contributed by atoms with Gasteiger partial charge in [0.25, 0.3) is 0 Å². The number of tetrazole rings is 1. The summed E-state index contributed by atoms with van der Waals surface area (Å²) < 4.78 is 7.34. The van der Waals surface area contributed by atoms with Crippen molar-refractivity contribution in [3.63, 3.8) is 0 Å². The van der Waals surface area contributed by atoms with Crippen molar-refractivity contribution in [2.75, 3.05) is 6.61 Å². The standard InChI is InChI=1S/C21H28BrN5O4/c1-2-31-19(30)13-27-21(24-25-26-27)20(15-9-6-10-16(22)11-15)23-17(12-18(28)29)14-7-4-3-5-8-14/h6,9-11,14,17,20,23H,2-5,7-8,12-13H2,1H3,(H,28,29). The van der Waals surface area contributed by atoms with Crippen molar-refractivity contribution in [3.8, 4) is 0 Å². The molecule has 3 rings (SSSR count). The van der Waals surface area contributed by atoms with Crippen LogP contribution in [-0.2, 0) is 20.9 Å². The number of hydrogen-bond acceptors (Lipinski definition) is 7. The van der Waals surface area contributed by atoms with Gasteiger partial charge in [-0.2, -0.15) is 0 Å². The molecular weight excluding hydrogens is 466 g/mol. The van der Waals surface area contributed by atoms with Crippen LogP contribution in [0.3, 0.4) is 0 Å². The van der Waals surface area contributed by atoms with Crippen LogP contribution in [0.2, 0.25) is 0 Å². The maximum Gasteiger partial charge on any atom is 0.327 e. The Balaban J connectivity index is 1.94. The molecule has 1 heterocycles. The minimum Gasteiger partial charge on any atom is -0.481 e. The number of rotatable bonds is 10. The highest BCUT2D eigenvalue weighted by Gasteiger charge is 2.31. The Morgan fingerprint density at radius 3 is 2.77 bits per heavy atom. The second-order valence-corrected chi connectivity index (χ2v) is 8.67. The van der Waals surface area contributed by atoms with Crippen LogP contribution in [0.1, 0.15) is 62.9 Å². The first-order valence-electron chi connectivity index (χ1n) is 10.6. The van der Waals surface area contributed by atoms with Crippen molar-refractivity contribution in [3.05, 3.63) is 40.1 Å². The minimum absolute atomic E-state index is 0.00854. The number of nitrogens with zero attached hydrogens (tertiary/aromatic N) is 4. The Morgan fingerprint density at radius 2 is 2.10 bits per heavy atom. The molecule has 2 N–H and O–H groups in total. The molecular formula is C21H28BrN5O4. The zero-order valence-corrected chi connectivity index (χ0v) is 19.1. The van der Waals surface area contributed by atoms with E-state index < -0.39 is 18.0 Å². The molecule has 168 valence electrons. The molecule has 1 fully saturated rings. The number of carbonyl (C=O) groups excluding carboxylic acids is 1. The van der Waals surface area contributed by atoms with Crippen LogP contribution in [0.4, 0.5) is 0 Å². The lowest BCUT2D eigenvalue weighted by Crippen LogP contribution is -2.42. The van der Waals surface area contributed by atoms with Crippen molar-refractivity contribution in [2.45, 2.75) is 64.1 Å². The minimum atomic E-state index is -0.845. The molecule has 1 saturated carbocycles. The van der Waals surface area contributed by atoms with E-state index in [1.165, 1.54) is 11.1 Å². The van der Waals surface area contributed by atoms with Gasteiger partial charge in [0.1, 0.15) is 6.54 Å². The lowest BCUT2D eigenvalue weighted by molar-refractivity contribution is -0.144. The predicted molar refractivity (Wildman–Crippen MR) is 116 cm³/mol. The first-order valence-corrected chi connectivity index (χ1v) is 11.4. The third-order valence-corrected chi connectivity index (χ3v) is 6.07. The van der Waals surface area contributed by atoms with E-state index in [9.17, 15) is 14.7 Å². The van der Waals surface area contributed by atoms with E-state index in [2.05, 4.69) is 36.8 Å². The van der Waals surface area contributed by atoms with E-state index in [0.717, 1.165) is 35.7 Å². The number of carboxylic acid groups (broad SMARTS) is 1. The smallest absolute Gasteiger partial charge is 0.327 e. The summed E-state index contributed by atoms with van der Waals surface area (Å²) in [4.78, 5) is 23.7. The summed E-state index contributed by atoms with van der Waals surface area (Å²) in [5.74, 6) is -0.577. The van der Waals surface area contributed by atoms with Crippen LogP contribution in [0.5, 0.6) is 0 Å². The Morgan fingerprint density at radius 1 is 1.32 bits per heavy atom. The fourth-order valence-electron chi connectivity index (χ4n) is 4.17. The molecule has 2 aromatic rings. The number of aromatic nitrogens is 4. The first kappa shape index (κ1) is 23.3. The number of benzene rings is 1. The van der Waals surface area contributed by atoms with Gasteiger partial charge in [-0.1, -0.05) is 47.3 Å². The van der Waals surface area contributed by atoms with Gasteiger partial charge in [0.05, 0.1) is 19.1 Å². The monoisotopic (exact) mass is 493 g/mol. The SMILES string of the molecule is CCOC(=O)Cn1nnnc1C(NC(CC(=O)O)C1CCCCC1)c1cccc(Br)c1. The molecule has 0 radical (unpaired) electrons. The van der Waals surface area contributed by atoms with Crippen molar-refractivity contribution in [2.24, 2.45) is 5.92 Å². The summed E-state index contributed by atoms with van der Waals surface area (Å²) in [6, 6.07) is 6.98. The third-order valence-electron chi connectivity index (χ3n) is 5.58. The van der Waals surface area contributed by atoms with Crippen LogP contribution in [0.25, 0.3) is 0 Å². The number of nitrogens with one attached hydrogen (secondary N) is 1.